The minimum absolute atomic E-state index is 0.251. The van der Waals surface area contributed by atoms with E-state index in [1.807, 2.05) is 6.92 Å². The predicted molar refractivity (Wildman–Crippen MR) is 68.0 cm³/mol. The van der Waals surface area contributed by atoms with Crippen molar-refractivity contribution >= 4 is 0 Å². The molecular formula is C15H22O. The SMILES string of the molecule is CCC1(c2cc(C)cc(C)c2O)CCCC1. The van der Waals surface area contributed by atoms with Crippen molar-refractivity contribution in [2.24, 2.45) is 0 Å². The van der Waals surface area contributed by atoms with E-state index < -0.39 is 0 Å². The minimum Gasteiger partial charge on any atom is -0.507 e. The zero-order valence-corrected chi connectivity index (χ0v) is 10.6. The molecule has 2 rings (SSSR count). The number of hydrogen-bond acceptors (Lipinski definition) is 1. The lowest BCUT2D eigenvalue weighted by atomic mass is 9.75. The number of rotatable bonds is 2. The Morgan fingerprint density at radius 2 is 1.81 bits per heavy atom. The van der Waals surface area contributed by atoms with Crippen LogP contribution in [0.4, 0.5) is 0 Å². The Bertz CT molecular complexity index is 387. The average molecular weight is 218 g/mol. The molecule has 0 aromatic heterocycles. The van der Waals surface area contributed by atoms with Gasteiger partial charge in [-0.15, -0.1) is 0 Å². The highest BCUT2D eigenvalue weighted by molar-refractivity contribution is 5.47. The monoisotopic (exact) mass is 218 g/mol. The van der Waals surface area contributed by atoms with Gasteiger partial charge in [-0.25, -0.2) is 0 Å². The fourth-order valence-electron chi connectivity index (χ4n) is 3.23. The molecule has 0 unspecified atom stereocenters. The third-order valence-corrected chi connectivity index (χ3v) is 4.25. The molecule has 16 heavy (non-hydrogen) atoms. The first-order chi connectivity index (χ1) is 7.59. The third-order valence-electron chi connectivity index (χ3n) is 4.25. The topological polar surface area (TPSA) is 20.2 Å². The van der Waals surface area contributed by atoms with Crippen LogP contribution in [0.1, 0.15) is 55.7 Å². The van der Waals surface area contributed by atoms with Crippen LogP contribution in [0.25, 0.3) is 0 Å². The number of aromatic hydroxyl groups is 1. The van der Waals surface area contributed by atoms with Crippen molar-refractivity contribution in [1.29, 1.82) is 0 Å². The second-order valence-corrected chi connectivity index (χ2v) is 5.32. The van der Waals surface area contributed by atoms with Crippen molar-refractivity contribution in [2.75, 3.05) is 0 Å². The molecule has 1 aliphatic rings. The summed E-state index contributed by atoms with van der Waals surface area (Å²) >= 11 is 0. The molecule has 0 bridgehead atoms. The summed E-state index contributed by atoms with van der Waals surface area (Å²) in [6, 6.07) is 4.26. The van der Waals surface area contributed by atoms with E-state index in [0.29, 0.717) is 5.75 Å². The summed E-state index contributed by atoms with van der Waals surface area (Å²) in [7, 11) is 0. The van der Waals surface area contributed by atoms with Crippen LogP contribution in [-0.4, -0.2) is 5.11 Å². The molecule has 0 radical (unpaired) electrons. The number of phenols is 1. The molecule has 0 saturated heterocycles. The average Bonchev–Trinajstić information content (AvgIpc) is 2.73. The van der Waals surface area contributed by atoms with Crippen molar-refractivity contribution in [3.63, 3.8) is 0 Å². The lowest BCUT2D eigenvalue weighted by molar-refractivity contribution is 0.386. The van der Waals surface area contributed by atoms with E-state index in [1.54, 1.807) is 0 Å². The number of phenolic OH excluding ortho intramolecular Hbond substituents is 1. The minimum atomic E-state index is 0.251. The molecule has 0 spiro atoms. The zero-order chi connectivity index (χ0) is 11.8. The first kappa shape index (κ1) is 11.5. The Balaban J connectivity index is 2.53. The maximum absolute atomic E-state index is 10.3. The first-order valence-corrected chi connectivity index (χ1v) is 6.40. The van der Waals surface area contributed by atoms with E-state index >= 15 is 0 Å². The second-order valence-electron chi connectivity index (χ2n) is 5.32. The second kappa shape index (κ2) is 4.12. The lowest BCUT2D eigenvalue weighted by Crippen LogP contribution is -2.21. The van der Waals surface area contributed by atoms with Crippen molar-refractivity contribution in [1.82, 2.24) is 0 Å². The Morgan fingerprint density at radius 3 is 2.38 bits per heavy atom. The van der Waals surface area contributed by atoms with Gasteiger partial charge < -0.3 is 5.11 Å². The van der Waals surface area contributed by atoms with Gasteiger partial charge in [-0.1, -0.05) is 37.5 Å². The molecule has 1 aromatic rings. The summed E-state index contributed by atoms with van der Waals surface area (Å²) in [6.45, 7) is 6.38. The Kier molecular flexibility index (Phi) is 2.96. The number of aryl methyl sites for hydroxylation is 2. The van der Waals surface area contributed by atoms with Crippen molar-refractivity contribution in [3.05, 3.63) is 28.8 Å². The van der Waals surface area contributed by atoms with Gasteiger partial charge in [-0.05, 0) is 44.1 Å². The maximum atomic E-state index is 10.3. The van der Waals surface area contributed by atoms with Gasteiger partial charge >= 0.3 is 0 Å². The normalized spacial score (nSPS) is 18.9. The van der Waals surface area contributed by atoms with Gasteiger partial charge in [0.25, 0.3) is 0 Å². The van der Waals surface area contributed by atoms with E-state index in [2.05, 4.69) is 26.0 Å². The number of hydrogen-bond donors (Lipinski definition) is 1. The molecule has 1 aromatic carbocycles. The van der Waals surface area contributed by atoms with Crippen LogP contribution in [-0.2, 0) is 5.41 Å². The van der Waals surface area contributed by atoms with E-state index in [1.165, 1.54) is 36.8 Å². The summed E-state index contributed by atoms with van der Waals surface area (Å²) < 4.78 is 0. The summed E-state index contributed by atoms with van der Waals surface area (Å²) in [5, 5.41) is 10.3. The molecule has 0 amide bonds. The van der Waals surface area contributed by atoms with E-state index in [-0.39, 0.29) is 5.41 Å². The van der Waals surface area contributed by atoms with Crippen LogP contribution in [0.5, 0.6) is 5.75 Å². The van der Waals surface area contributed by atoms with E-state index in [0.717, 1.165) is 12.0 Å². The largest absolute Gasteiger partial charge is 0.507 e. The van der Waals surface area contributed by atoms with E-state index in [4.69, 9.17) is 0 Å². The Morgan fingerprint density at radius 1 is 1.19 bits per heavy atom. The lowest BCUT2D eigenvalue weighted by Gasteiger charge is -2.30. The quantitative estimate of drug-likeness (QED) is 0.787. The van der Waals surface area contributed by atoms with Gasteiger partial charge in [-0.2, -0.15) is 0 Å². The van der Waals surface area contributed by atoms with Crippen molar-refractivity contribution in [2.45, 2.75) is 58.3 Å². The van der Waals surface area contributed by atoms with Crippen LogP contribution in [0.3, 0.4) is 0 Å². The summed E-state index contributed by atoms with van der Waals surface area (Å²) in [5.74, 6) is 0.536. The zero-order valence-electron chi connectivity index (χ0n) is 10.6. The highest BCUT2D eigenvalue weighted by Gasteiger charge is 2.36. The molecular weight excluding hydrogens is 196 g/mol. The van der Waals surface area contributed by atoms with Gasteiger partial charge in [0.1, 0.15) is 5.75 Å². The molecule has 88 valence electrons. The summed E-state index contributed by atoms with van der Waals surface area (Å²) in [5.41, 5.74) is 3.74. The van der Waals surface area contributed by atoms with Gasteiger partial charge in [0, 0.05) is 5.56 Å². The number of benzene rings is 1. The maximum Gasteiger partial charge on any atom is 0.122 e. The van der Waals surface area contributed by atoms with Crippen molar-refractivity contribution in [3.8, 4) is 5.75 Å². The van der Waals surface area contributed by atoms with Gasteiger partial charge in [0.05, 0.1) is 0 Å². The third kappa shape index (κ3) is 1.73. The summed E-state index contributed by atoms with van der Waals surface area (Å²) in [6.07, 6.45) is 6.23. The molecule has 1 heteroatoms. The standard InChI is InChI=1S/C15H22O/c1-4-15(7-5-6-8-15)13-10-11(2)9-12(3)14(13)16/h9-10,16H,4-8H2,1-3H3. The van der Waals surface area contributed by atoms with Crippen LogP contribution in [0.15, 0.2) is 12.1 Å². The molecule has 1 nitrogen and oxygen atoms in total. The first-order valence-electron chi connectivity index (χ1n) is 6.40. The van der Waals surface area contributed by atoms with Gasteiger partial charge in [0.15, 0.2) is 0 Å². The van der Waals surface area contributed by atoms with Crippen LogP contribution in [0.2, 0.25) is 0 Å². The molecule has 1 fully saturated rings. The van der Waals surface area contributed by atoms with Gasteiger partial charge in [-0.3, -0.25) is 0 Å². The molecule has 1 saturated carbocycles. The molecule has 0 atom stereocenters. The van der Waals surface area contributed by atoms with Crippen molar-refractivity contribution < 1.29 is 5.11 Å². The van der Waals surface area contributed by atoms with Crippen LogP contribution < -0.4 is 0 Å². The molecule has 0 aliphatic heterocycles. The van der Waals surface area contributed by atoms with Crippen LogP contribution in [0, 0.1) is 13.8 Å². The van der Waals surface area contributed by atoms with Gasteiger partial charge in [0.2, 0.25) is 0 Å². The molecule has 1 N–H and O–H groups in total. The predicted octanol–water partition coefficient (Wildman–Crippen LogP) is 4.23. The van der Waals surface area contributed by atoms with E-state index in [9.17, 15) is 5.11 Å². The fraction of sp³-hybridized carbons (Fsp3) is 0.600. The summed E-state index contributed by atoms with van der Waals surface area (Å²) in [4.78, 5) is 0. The highest BCUT2D eigenvalue weighted by Crippen LogP contribution is 2.47. The van der Waals surface area contributed by atoms with Crippen LogP contribution >= 0.6 is 0 Å². The highest BCUT2D eigenvalue weighted by atomic mass is 16.3. The smallest absolute Gasteiger partial charge is 0.122 e. The molecule has 0 heterocycles. The Labute approximate surface area is 98.5 Å². The fourth-order valence-corrected chi connectivity index (χ4v) is 3.23. The molecule has 1 aliphatic carbocycles. The Hall–Kier alpha value is -0.980.